The van der Waals surface area contributed by atoms with Gasteiger partial charge in [0.25, 0.3) is 0 Å². The Balaban J connectivity index is -0.0000000412. The molecule has 5 N–H and O–H groups in total. The fourth-order valence-corrected chi connectivity index (χ4v) is 0. The van der Waals surface area contributed by atoms with Crippen LogP contribution in [-0.2, 0) is 31.3 Å². The largest absolute Gasteiger partial charge is 0.473 e. The number of carbonyl (C=O) groups is 2. The maximum atomic E-state index is 9.10. The van der Waals surface area contributed by atoms with E-state index in [1.54, 1.807) is 0 Å². The Morgan fingerprint density at radius 2 is 1.10 bits per heavy atom. The molecule has 58 valence electrons. The molecule has 0 rings (SSSR count). The van der Waals surface area contributed by atoms with Crippen LogP contribution in [0.1, 0.15) is 0 Å². The van der Waals surface area contributed by atoms with E-state index < -0.39 is 11.9 Å². The number of carboxylic acids is 2. The van der Waals surface area contributed by atoms with Gasteiger partial charge in [-0.25, -0.2) is 9.59 Å². The number of nitroso groups, excluding NO2 is 1. The summed E-state index contributed by atoms with van der Waals surface area (Å²) in [5.41, 5.74) is 4.50. The molecule has 0 saturated carbocycles. The quantitative estimate of drug-likeness (QED) is 0.244. The number of hydrogen-bond donors (Lipinski definition) is 3. The van der Waals surface area contributed by atoms with Gasteiger partial charge in [-0.2, -0.15) is 4.91 Å². The van der Waals surface area contributed by atoms with Crippen LogP contribution in [0.5, 0.6) is 0 Å². The summed E-state index contributed by atoms with van der Waals surface area (Å²) >= 11 is 0. The molecule has 0 amide bonds. The topological polar surface area (TPSA) is 147 Å². The average Bonchev–Trinajstić information content (AvgIpc) is 1.72. The molecule has 0 aromatic rings. The molecular weight excluding hydrogens is 182 g/mol. The van der Waals surface area contributed by atoms with E-state index in [2.05, 4.69) is 5.59 Å². The molecule has 8 heteroatoms. The first-order chi connectivity index (χ1) is 3.64. The predicted octanol–water partition coefficient (Wildman–Crippen LogP) is -1.34. The second-order valence-corrected chi connectivity index (χ2v) is 0.610. The third-order valence-corrected chi connectivity index (χ3v) is 0.183. The van der Waals surface area contributed by atoms with Crippen molar-refractivity contribution in [2.24, 2.45) is 0 Å². The summed E-state index contributed by atoms with van der Waals surface area (Å²) in [7, 11) is 0. The second kappa shape index (κ2) is 15.7. The molecule has 0 radical (unpaired) electrons. The van der Waals surface area contributed by atoms with Gasteiger partial charge in [0.15, 0.2) is 0 Å². The van der Waals surface area contributed by atoms with Crippen molar-refractivity contribution in [1.82, 2.24) is 0 Å². The Labute approximate surface area is 70.0 Å². The molecule has 0 aromatic heterocycles. The number of aliphatic carboxylic acids is 2. The van der Waals surface area contributed by atoms with Gasteiger partial charge < -0.3 is 15.7 Å². The molecule has 7 nitrogen and oxygen atoms in total. The second-order valence-electron chi connectivity index (χ2n) is 0.610. The number of carboxylic acid groups (broad SMARTS) is 2. The van der Waals surface area contributed by atoms with Crippen LogP contribution in [0, 0.1) is 10.5 Å². The summed E-state index contributed by atoms with van der Waals surface area (Å²) in [5.74, 6) is -3.65. The summed E-state index contributed by atoms with van der Waals surface area (Å²) in [6, 6.07) is 0. The van der Waals surface area contributed by atoms with Crippen molar-refractivity contribution in [3.05, 3.63) is 4.91 Å². The minimum absolute atomic E-state index is 0. The fraction of sp³-hybridized carbons (Fsp3) is 0. The van der Waals surface area contributed by atoms with Gasteiger partial charge >= 0.3 is 11.9 Å². The Bertz CT molecular complexity index is 91.9. The average molecular weight is 187 g/mol. The Kier molecular flexibility index (Phi) is 36.0. The van der Waals surface area contributed by atoms with E-state index in [-0.39, 0.29) is 27.2 Å². The van der Waals surface area contributed by atoms with Gasteiger partial charge in [-0.05, 0) is 0 Å². The monoisotopic (exact) mass is 187 g/mol. The minimum atomic E-state index is -1.82. The first-order valence-corrected chi connectivity index (χ1v) is 1.31. The molecular formula is C2H5NO6Ti. The van der Waals surface area contributed by atoms with Gasteiger partial charge in [0.1, 0.15) is 0 Å². The summed E-state index contributed by atoms with van der Waals surface area (Å²) in [5, 5.41) is 14.8. The molecule has 0 atom stereocenters. The number of nitrogens with one attached hydrogen (secondary N) is 1. The van der Waals surface area contributed by atoms with Crippen LogP contribution in [0.2, 0.25) is 0 Å². The van der Waals surface area contributed by atoms with Crippen LogP contribution >= 0.6 is 0 Å². The molecule has 0 aliphatic carbocycles. The Morgan fingerprint density at radius 1 is 1.00 bits per heavy atom. The van der Waals surface area contributed by atoms with Gasteiger partial charge in [-0.1, -0.05) is 5.59 Å². The van der Waals surface area contributed by atoms with E-state index in [1.807, 2.05) is 0 Å². The zero-order valence-corrected chi connectivity index (χ0v) is 6.18. The van der Waals surface area contributed by atoms with E-state index in [9.17, 15) is 0 Å². The van der Waals surface area contributed by atoms with Crippen molar-refractivity contribution in [2.45, 2.75) is 0 Å². The van der Waals surface area contributed by atoms with Crippen molar-refractivity contribution in [1.29, 1.82) is 5.59 Å². The minimum Gasteiger partial charge on any atom is -0.473 e. The molecule has 0 bridgehead atoms. The maximum Gasteiger partial charge on any atom is 0.414 e. The molecule has 0 aromatic carbocycles. The first-order valence-electron chi connectivity index (χ1n) is 1.31. The van der Waals surface area contributed by atoms with E-state index in [1.165, 1.54) is 0 Å². The summed E-state index contributed by atoms with van der Waals surface area (Å²) < 4.78 is 0. The van der Waals surface area contributed by atoms with Crippen molar-refractivity contribution < 1.29 is 47.0 Å². The zero-order chi connectivity index (χ0) is 7.15. The Hall–Kier alpha value is -0.786. The standard InChI is InChI=1S/C2H2O4.HNO.H2O.Ti/c3-1(4)2(5)6;1-2;;/h(H,3,4)(H,5,6);1H;1H2;. The SMILES string of the molecule is N=O.O.O=C(O)C(=O)O.[Ti]. The molecule has 0 heterocycles. The van der Waals surface area contributed by atoms with Gasteiger partial charge in [-0.15, -0.1) is 0 Å². The van der Waals surface area contributed by atoms with Crippen LogP contribution in [0.3, 0.4) is 0 Å². The number of hydrogen-bond acceptors (Lipinski definition) is 4. The molecule has 0 unspecified atom stereocenters. The van der Waals surface area contributed by atoms with Crippen molar-refractivity contribution in [3.63, 3.8) is 0 Å². The maximum absolute atomic E-state index is 9.10. The zero-order valence-electron chi connectivity index (χ0n) is 4.62. The molecule has 10 heavy (non-hydrogen) atoms. The van der Waals surface area contributed by atoms with Gasteiger partial charge in [0, 0.05) is 21.7 Å². The predicted molar refractivity (Wildman–Crippen MR) is 25.0 cm³/mol. The van der Waals surface area contributed by atoms with E-state index in [0.717, 1.165) is 0 Å². The molecule has 0 aliphatic rings. The Morgan fingerprint density at radius 3 is 1.10 bits per heavy atom. The van der Waals surface area contributed by atoms with Gasteiger partial charge in [-0.3, -0.25) is 0 Å². The summed E-state index contributed by atoms with van der Waals surface area (Å²) in [4.78, 5) is 25.7. The van der Waals surface area contributed by atoms with E-state index in [4.69, 9.17) is 24.7 Å². The summed E-state index contributed by atoms with van der Waals surface area (Å²) in [6.07, 6.45) is 0. The molecule has 0 spiro atoms. The fourth-order valence-electron chi connectivity index (χ4n) is 0. The van der Waals surface area contributed by atoms with E-state index >= 15 is 0 Å². The van der Waals surface area contributed by atoms with Crippen LogP contribution in [0.15, 0.2) is 0 Å². The summed E-state index contributed by atoms with van der Waals surface area (Å²) in [6.45, 7) is 0. The number of rotatable bonds is 0. The first kappa shape index (κ1) is 22.9. The third kappa shape index (κ3) is 27.0. The van der Waals surface area contributed by atoms with Gasteiger partial charge in [0.05, 0.1) is 0 Å². The van der Waals surface area contributed by atoms with E-state index in [0.29, 0.717) is 0 Å². The van der Waals surface area contributed by atoms with Crippen molar-refractivity contribution in [3.8, 4) is 0 Å². The molecule has 0 aliphatic heterocycles. The molecule has 0 saturated heterocycles. The van der Waals surface area contributed by atoms with Crippen LogP contribution in [0.25, 0.3) is 0 Å². The smallest absolute Gasteiger partial charge is 0.414 e. The van der Waals surface area contributed by atoms with Crippen molar-refractivity contribution >= 4 is 11.9 Å². The van der Waals surface area contributed by atoms with Crippen LogP contribution in [0.4, 0.5) is 0 Å². The third-order valence-electron chi connectivity index (χ3n) is 0.183. The van der Waals surface area contributed by atoms with Gasteiger partial charge in [0.2, 0.25) is 0 Å². The normalized spacial score (nSPS) is 4.80. The van der Waals surface area contributed by atoms with Crippen LogP contribution < -0.4 is 0 Å². The van der Waals surface area contributed by atoms with Crippen molar-refractivity contribution in [2.75, 3.05) is 0 Å². The molecule has 0 fully saturated rings. The van der Waals surface area contributed by atoms with Crippen LogP contribution in [-0.4, -0.2) is 27.6 Å².